The van der Waals surface area contributed by atoms with Gasteiger partial charge in [-0.15, -0.1) is 0 Å². The highest BCUT2D eigenvalue weighted by atomic mass is 35.5. The highest BCUT2D eigenvalue weighted by Crippen LogP contribution is 2.26. The summed E-state index contributed by atoms with van der Waals surface area (Å²) in [6.45, 7) is 1.27. The summed E-state index contributed by atoms with van der Waals surface area (Å²) in [5, 5.41) is 1.22. The van der Waals surface area contributed by atoms with Gasteiger partial charge in [0.05, 0.1) is 5.69 Å². The number of benzene rings is 1. The van der Waals surface area contributed by atoms with Gasteiger partial charge in [-0.2, -0.15) is 0 Å². The van der Waals surface area contributed by atoms with Gasteiger partial charge >= 0.3 is 0 Å². The molecular formula is C16H15Cl2N3O. The zero-order valence-electron chi connectivity index (χ0n) is 11.9. The minimum atomic E-state index is 0.102. The Balaban J connectivity index is 1.64. The van der Waals surface area contributed by atoms with Gasteiger partial charge in [0.1, 0.15) is 6.33 Å². The third kappa shape index (κ3) is 3.23. The average molecular weight is 336 g/mol. The van der Waals surface area contributed by atoms with Crippen molar-refractivity contribution < 1.29 is 4.79 Å². The fraction of sp³-hybridized carbons (Fsp3) is 0.312. The van der Waals surface area contributed by atoms with Gasteiger partial charge in [-0.1, -0.05) is 29.3 Å². The number of rotatable bonds is 3. The monoisotopic (exact) mass is 335 g/mol. The van der Waals surface area contributed by atoms with Crippen molar-refractivity contribution in [2.24, 2.45) is 0 Å². The smallest absolute Gasteiger partial charge is 0.223 e. The number of aromatic nitrogens is 2. The summed E-state index contributed by atoms with van der Waals surface area (Å²) < 4.78 is 0. The molecule has 0 N–H and O–H groups in total. The Morgan fingerprint density at radius 3 is 2.82 bits per heavy atom. The molecule has 0 radical (unpaired) electrons. The molecule has 1 aromatic carbocycles. The lowest BCUT2D eigenvalue weighted by atomic mass is 10.1. The number of amides is 1. The van der Waals surface area contributed by atoms with Crippen molar-refractivity contribution in [1.29, 1.82) is 0 Å². The maximum atomic E-state index is 12.4. The Labute approximate surface area is 139 Å². The number of hydrogen-bond donors (Lipinski definition) is 0. The second-order valence-corrected chi connectivity index (χ2v) is 6.07. The average Bonchev–Trinajstić information content (AvgIpc) is 2.53. The van der Waals surface area contributed by atoms with E-state index in [-0.39, 0.29) is 5.91 Å². The summed E-state index contributed by atoms with van der Waals surface area (Å²) in [7, 11) is 0. The number of nitrogens with zero attached hydrogens (tertiary/aromatic N) is 3. The molecule has 1 aliphatic rings. The van der Waals surface area contributed by atoms with Crippen LogP contribution in [0.15, 0.2) is 30.7 Å². The van der Waals surface area contributed by atoms with Gasteiger partial charge in [0.15, 0.2) is 0 Å². The summed E-state index contributed by atoms with van der Waals surface area (Å²) in [6.07, 6.45) is 5.05. The van der Waals surface area contributed by atoms with Crippen LogP contribution in [0.2, 0.25) is 10.0 Å². The Kier molecular flexibility index (Phi) is 4.60. The van der Waals surface area contributed by atoms with Crippen LogP contribution < -0.4 is 0 Å². The van der Waals surface area contributed by atoms with E-state index in [1.165, 1.54) is 0 Å². The van der Waals surface area contributed by atoms with E-state index in [1.54, 1.807) is 30.7 Å². The number of hydrogen-bond acceptors (Lipinski definition) is 3. The SMILES string of the molecule is O=C(CCc1c(Cl)cccc1Cl)N1CCc2ncncc2C1. The molecule has 0 saturated heterocycles. The fourth-order valence-corrected chi connectivity index (χ4v) is 3.23. The van der Waals surface area contributed by atoms with E-state index in [0.29, 0.717) is 36.0 Å². The molecule has 0 spiro atoms. The largest absolute Gasteiger partial charge is 0.338 e. The highest BCUT2D eigenvalue weighted by Gasteiger charge is 2.21. The minimum Gasteiger partial charge on any atom is -0.338 e. The number of halogens is 2. The second kappa shape index (κ2) is 6.63. The fourth-order valence-electron chi connectivity index (χ4n) is 2.64. The lowest BCUT2D eigenvalue weighted by Crippen LogP contribution is -2.36. The van der Waals surface area contributed by atoms with Crippen LogP contribution in [-0.2, 0) is 24.2 Å². The molecule has 0 bridgehead atoms. The molecule has 1 aromatic heterocycles. The predicted molar refractivity (Wildman–Crippen MR) is 85.9 cm³/mol. The topological polar surface area (TPSA) is 46.1 Å². The molecule has 1 aliphatic heterocycles. The van der Waals surface area contributed by atoms with Gasteiger partial charge in [0.25, 0.3) is 0 Å². The van der Waals surface area contributed by atoms with Crippen LogP contribution in [0.25, 0.3) is 0 Å². The molecule has 0 unspecified atom stereocenters. The van der Waals surface area contributed by atoms with E-state index < -0.39 is 0 Å². The lowest BCUT2D eigenvalue weighted by Gasteiger charge is -2.28. The third-order valence-corrected chi connectivity index (χ3v) is 4.57. The highest BCUT2D eigenvalue weighted by molar-refractivity contribution is 6.36. The van der Waals surface area contributed by atoms with Crippen LogP contribution in [0, 0.1) is 0 Å². The Morgan fingerprint density at radius 1 is 1.27 bits per heavy atom. The van der Waals surface area contributed by atoms with Crippen LogP contribution in [0.1, 0.15) is 23.2 Å². The van der Waals surface area contributed by atoms with E-state index in [0.717, 1.165) is 23.2 Å². The van der Waals surface area contributed by atoms with E-state index in [2.05, 4.69) is 9.97 Å². The van der Waals surface area contributed by atoms with Crippen LogP contribution >= 0.6 is 23.2 Å². The maximum absolute atomic E-state index is 12.4. The first kappa shape index (κ1) is 15.3. The molecule has 22 heavy (non-hydrogen) atoms. The molecule has 0 saturated carbocycles. The summed E-state index contributed by atoms with van der Waals surface area (Å²) >= 11 is 12.3. The van der Waals surface area contributed by atoms with Crippen LogP contribution in [0.4, 0.5) is 0 Å². The molecule has 0 aliphatic carbocycles. The van der Waals surface area contributed by atoms with Crippen molar-refractivity contribution >= 4 is 29.1 Å². The molecule has 3 rings (SSSR count). The predicted octanol–water partition coefficient (Wildman–Crippen LogP) is 3.30. The molecule has 1 amide bonds. The van der Waals surface area contributed by atoms with Crippen molar-refractivity contribution in [2.75, 3.05) is 6.54 Å². The van der Waals surface area contributed by atoms with Crippen molar-refractivity contribution in [1.82, 2.24) is 14.9 Å². The summed E-state index contributed by atoms with van der Waals surface area (Å²) in [4.78, 5) is 22.5. The lowest BCUT2D eigenvalue weighted by molar-refractivity contribution is -0.132. The van der Waals surface area contributed by atoms with Gasteiger partial charge in [-0.25, -0.2) is 9.97 Å². The Morgan fingerprint density at radius 2 is 2.05 bits per heavy atom. The van der Waals surface area contributed by atoms with Gasteiger partial charge in [0, 0.05) is 47.7 Å². The van der Waals surface area contributed by atoms with Crippen LogP contribution in [0.3, 0.4) is 0 Å². The molecule has 4 nitrogen and oxygen atoms in total. The first-order valence-corrected chi connectivity index (χ1v) is 7.89. The van der Waals surface area contributed by atoms with Gasteiger partial charge < -0.3 is 4.90 Å². The van der Waals surface area contributed by atoms with E-state index in [1.807, 2.05) is 4.90 Å². The van der Waals surface area contributed by atoms with E-state index >= 15 is 0 Å². The van der Waals surface area contributed by atoms with Crippen molar-refractivity contribution in [3.63, 3.8) is 0 Å². The van der Waals surface area contributed by atoms with Crippen LogP contribution in [-0.4, -0.2) is 27.3 Å². The molecule has 6 heteroatoms. The van der Waals surface area contributed by atoms with Crippen molar-refractivity contribution in [3.8, 4) is 0 Å². The Hall–Kier alpha value is -1.65. The van der Waals surface area contributed by atoms with Crippen molar-refractivity contribution in [3.05, 3.63) is 57.6 Å². The number of carbonyl (C=O) groups is 1. The molecular weight excluding hydrogens is 321 g/mol. The Bertz CT molecular complexity index is 685. The third-order valence-electron chi connectivity index (χ3n) is 3.86. The summed E-state index contributed by atoms with van der Waals surface area (Å²) in [5.41, 5.74) is 2.89. The van der Waals surface area contributed by atoms with E-state index in [9.17, 15) is 4.79 Å². The zero-order chi connectivity index (χ0) is 15.5. The molecule has 0 atom stereocenters. The molecule has 114 valence electrons. The maximum Gasteiger partial charge on any atom is 0.223 e. The zero-order valence-corrected chi connectivity index (χ0v) is 13.4. The molecule has 2 aromatic rings. The van der Waals surface area contributed by atoms with Gasteiger partial charge in [-0.3, -0.25) is 4.79 Å². The van der Waals surface area contributed by atoms with Gasteiger partial charge in [0.2, 0.25) is 5.91 Å². The standard InChI is InChI=1S/C16H15Cl2N3O/c17-13-2-1-3-14(18)12(13)4-5-16(22)21-7-6-15-11(9-21)8-19-10-20-15/h1-3,8,10H,4-7,9H2. The summed E-state index contributed by atoms with van der Waals surface area (Å²) in [6, 6.07) is 5.39. The number of fused-ring (bicyclic) bond motifs is 1. The first-order chi connectivity index (χ1) is 10.6. The van der Waals surface area contributed by atoms with E-state index in [4.69, 9.17) is 23.2 Å². The second-order valence-electron chi connectivity index (χ2n) is 5.26. The van der Waals surface area contributed by atoms with Crippen molar-refractivity contribution in [2.45, 2.75) is 25.8 Å². The number of carbonyl (C=O) groups excluding carboxylic acids is 1. The quantitative estimate of drug-likeness (QED) is 0.864. The molecule has 0 fully saturated rings. The first-order valence-electron chi connectivity index (χ1n) is 7.13. The summed E-state index contributed by atoms with van der Waals surface area (Å²) in [5.74, 6) is 0.102. The van der Waals surface area contributed by atoms with Gasteiger partial charge in [-0.05, 0) is 24.1 Å². The normalized spacial score (nSPS) is 13.8. The molecule has 2 heterocycles. The van der Waals surface area contributed by atoms with Crippen LogP contribution in [0.5, 0.6) is 0 Å². The minimum absolute atomic E-state index is 0.102.